The number of hydrogen-bond acceptors (Lipinski definition) is 5. The van der Waals surface area contributed by atoms with E-state index in [1.807, 2.05) is 0 Å². The molecule has 0 spiro atoms. The summed E-state index contributed by atoms with van der Waals surface area (Å²) in [6.45, 7) is 0.739. The third-order valence-electron chi connectivity index (χ3n) is 3.00. The van der Waals surface area contributed by atoms with Crippen molar-refractivity contribution >= 4 is 17.3 Å². The van der Waals surface area contributed by atoms with Gasteiger partial charge >= 0.3 is 0 Å². The summed E-state index contributed by atoms with van der Waals surface area (Å²) in [6.07, 6.45) is 2.39. The maximum Gasteiger partial charge on any atom is 0.293 e. The topological polar surface area (TPSA) is 95.7 Å². The lowest BCUT2D eigenvalue weighted by Gasteiger charge is -2.12. The molecule has 1 aromatic carbocycles. The van der Waals surface area contributed by atoms with Crippen LogP contribution < -0.4 is 5.32 Å². The van der Waals surface area contributed by atoms with Gasteiger partial charge in [0, 0.05) is 38.9 Å². The smallest absolute Gasteiger partial charge is 0.293 e. The van der Waals surface area contributed by atoms with E-state index < -0.39 is 4.92 Å². The molecule has 0 unspecified atom stereocenters. The van der Waals surface area contributed by atoms with Crippen LogP contribution >= 0.6 is 0 Å². The molecule has 0 heterocycles. The normalized spacial score (nSPS) is 10.2. The van der Waals surface area contributed by atoms with Crippen LogP contribution in [0.4, 0.5) is 11.4 Å². The van der Waals surface area contributed by atoms with Crippen LogP contribution in [0.3, 0.4) is 0 Å². The first-order valence-electron chi connectivity index (χ1n) is 6.82. The molecule has 1 rings (SSSR count). The fraction of sp³-hybridized carbons (Fsp3) is 0.500. The van der Waals surface area contributed by atoms with Gasteiger partial charge in [-0.25, -0.2) is 0 Å². The second-order valence-electron chi connectivity index (χ2n) is 4.90. The summed E-state index contributed by atoms with van der Waals surface area (Å²) in [4.78, 5) is 23.8. The van der Waals surface area contributed by atoms with E-state index in [1.54, 1.807) is 26.2 Å². The van der Waals surface area contributed by atoms with Crippen LogP contribution in [0.2, 0.25) is 0 Å². The molecule has 0 bridgehead atoms. The number of carbonyl (C=O) groups excluding carboxylic acids is 1. The molecule has 7 heteroatoms. The number of amides is 1. The summed E-state index contributed by atoms with van der Waals surface area (Å²) in [6, 6.07) is 4.42. The van der Waals surface area contributed by atoms with Crippen LogP contribution in [0, 0.1) is 10.1 Å². The Hall–Kier alpha value is -2.15. The third kappa shape index (κ3) is 5.03. The number of nitro benzene ring substituents is 1. The Morgan fingerprint density at radius 2 is 2.05 bits per heavy atom. The molecule has 1 aromatic rings. The van der Waals surface area contributed by atoms with Gasteiger partial charge in [-0.3, -0.25) is 14.9 Å². The molecule has 7 nitrogen and oxygen atoms in total. The highest BCUT2D eigenvalue weighted by Gasteiger charge is 2.18. The molecule has 0 atom stereocenters. The molecule has 2 N–H and O–H groups in total. The number of unbranched alkanes of at least 4 members (excludes halogenated alkanes) is 2. The van der Waals surface area contributed by atoms with Crippen molar-refractivity contribution in [1.82, 2.24) is 4.90 Å². The number of anilines is 1. The summed E-state index contributed by atoms with van der Waals surface area (Å²) in [7, 11) is 3.20. The highest BCUT2D eigenvalue weighted by atomic mass is 16.6. The number of aliphatic hydroxyl groups is 1. The first kappa shape index (κ1) is 16.9. The van der Waals surface area contributed by atoms with Gasteiger partial charge in [0.25, 0.3) is 11.6 Å². The minimum Gasteiger partial charge on any atom is -0.396 e. The highest BCUT2D eigenvalue weighted by molar-refractivity contribution is 5.95. The first-order chi connectivity index (χ1) is 9.97. The van der Waals surface area contributed by atoms with Crippen LogP contribution in [-0.2, 0) is 0 Å². The van der Waals surface area contributed by atoms with Gasteiger partial charge in [-0.2, -0.15) is 0 Å². The van der Waals surface area contributed by atoms with Gasteiger partial charge in [-0.15, -0.1) is 0 Å². The molecule has 21 heavy (non-hydrogen) atoms. The number of rotatable bonds is 8. The molecule has 0 aromatic heterocycles. The Morgan fingerprint density at radius 3 is 2.62 bits per heavy atom. The number of nitrogens with one attached hydrogen (secondary N) is 1. The molecular weight excluding hydrogens is 274 g/mol. The molecule has 0 saturated heterocycles. The first-order valence-corrected chi connectivity index (χ1v) is 6.82. The van der Waals surface area contributed by atoms with Crippen molar-refractivity contribution in [3.8, 4) is 0 Å². The molecule has 0 saturated carbocycles. The Labute approximate surface area is 123 Å². The largest absolute Gasteiger partial charge is 0.396 e. The van der Waals surface area contributed by atoms with E-state index in [9.17, 15) is 14.9 Å². The van der Waals surface area contributed by atoms with Gasteiger partial charge in [-0.1, -0.05) is 0 Å². The van der Waals surface area contributed by atoms with Gasteiger partial charge in [-0.05, 0) is 31.4 Å². The van der Waals surface area contributed by atoms with Gasteiger partial charge in [0.15, 0.2) is 0 Å². The van der Waals surface area contributed by atoms with Crippen molar-refractivity contribution in [3.05, 3.63) is 33.9 Å². The summed E-state index contributed by atoms with van der Waals surface area (Å²) < 4.78 is 0. The zero-order chi connectivity index (χ0) is 15.8. The minimum atomic E-state index is -0.498. The zero-order valence-corrected chi connectivity index (χ0v) is 12.3. The molecule has 0 aliphatic carbocycles. The van der Waals surface area contributed by atoms with Gasteiger partial charge < -0.3 is 15.3 Å². The van der Waals surface area contributed by atoms with E-state index in [2.05, 4.69) is 5.32 Å². The van der Waals surface area contributed by atoms with E-state index in [4.69, 9.17) is 5.11 Å². The van der Waals surface area contributed by atoms with Crippen molar-refractivity contribution in [3.63, 3.8) is 0 Å². The number of benzene rings is 1. The number of nitrogens with zero attached hydrogens (tertiary/aromatic N) is 2. The van der Waals surface area contributed by atoms with Crippen molar-refractivity contribution in [2.75, 3.05) is 32.6 Å². The van der Waals surface area contributed by atoms with Crippen molar-refractivity contribution in [1.29, 1.82) is 0 Å². The average molecular weight is 295 g/mol. The van der Waals surface area contributed by atoms with E-state index in [1.165, 1.54) is 11.0 Å². The Bertz CT molecular complexity index is 503. The van der Waals surface area contributed by atoms with E-state index in [0.717, 1.165) is 19.3 Å². The lowest BCUT2D eigenvalue weighted by Crippen LogP contribution is -2.21. The van der Waals surface area contributed by atoms with Crippen molar-refractivity contribution in [2.24, 2.45) is 0 Å². The Balaban J connectivity index is 2.80. The molecule has 116 valence electrons. The van der Waals surface area contributed by atoms with Crippen LogP contribution in [-0.4, -0.2) is 48.1 Å². The summed E-state index contributed by atoms with van der Waals surface area (Å²) in [5, 5.41) is 22.8. The number of carbonyl (C=O) groups is 1. The monoisotopic (exact) mass is 295 g/mol. The second kappa shape index (κ2) is 8.21. The third-order valence-corrected chi connectivity index (χ3v) is 3.00. The van der Waals surface area contributed by atoms with E-state index in [0.29, 0.717) is 12.2 Å². The molecular formula is C14H21N3O4. The lowest BCUT2D eigenvalue weighted by molar-refractivity contribution is -0.384. The Morgan fingerprint density at radius 1 is 1.33 bits per heavy atom. The zero-order valence-electron chi connectivity index (χ0n) is 12.3. The summed E-state index contributed by atoms with van der Waals surface area (Å²) in [5.74, 6) is -0.271. The fourth-order valence-electron chi connectivity index (χ4n) is 1.86. The van der Waals surface area contributed by atoms with E-state index >= 15 is 0 Å². The molecule has 0 fully saturated rings. The summed E-state index contributed by atoms with van der Waals surface area (Å²) in [5.41, 5.74) is 0.585. The van der Waals surface area contributed by atoms with Gasteiger partial charge in [0.05, 0.1) is 4.92 Å². The predicted molar refractivity (Wildman–Crippen MR) is 80.5 cm³/mol. The second-order valence-corrected chi connectivity index (χ2v) is 4.90. The van der Waals surface area contributed by atoms with Gasteiger partial charge in [0.1, 0.15) is 5.69 Å². The van der Waals surface area contributed by atoms with Crippen LogP contribution in [0.1, 0.15) is 29.6 Å². The predicted octanol–water partition coefficient (Wildman–Crippen LogP) is 1.87. The number of hydrogen-bond donors (Lipinski definition) is 2. The van der Waals surface area contributed by atoms with Crippen LogP contribution in [0.15, 0.2) is 18.2 Å². The van der Waals surface area contributed by atoms with Crippen LogP contribution in [0.25, 0.3) is 0 Å². The molecule has 0 aliphatic rings. The molecule has 0 radical (unpaired) electrons. The SMILES string of the molecule is CN(C)C(=O)c1ccc(NCCCCCO)c([N+](=O)[O-])c1. The van der Waals surface area contributed by atoms with E-state index in [-0.39, 0.29) is 23.8 Å². The molecule has 0 aliphatic heterocycles. The lowest BCUT2D eigenvalue weighted by atomic mass is 10.1. The standard InChI is InChI=1S/C14H21N3O4/c1-16(2)14(19)11-6-7-12(13(10-11)17(20)21)15-8-4-3-5-9-18/h6-7,10,15,18H,3-5,8-9H2,1-2H3. The average Bonchev–Trinajstić information content (AvgIpc) is 2.46. The maximum atomic E-state index is 11.8. The van der Waals surface area contributed by atoms with Crippen LogP contribution in [0.5, 0.6) is 0 Å². The maximum absolute atomic E-state index is 11.8. The highest BCUT2D eigenvalue weighted by Crippen LogP contribution is 2.26. The minimum absolute atomic E-state index is 0.107. The van der Waals surface area contributed by atoms with Crippen molar-refractivity contribution < 1.29 is 14.8 Å². The quantitative estimate of drug-likeness (QED) is 0.433. The Kier molecular flexibility index (Phi) is 6.61. The van der Waals surface area contributed by atoms with Gasteiger partial charge in [0.2, 0.25) is 0 Å². The summed E-state index contributed by atoms with van der Waals surface area (Å²) >= 11 is 0. The number of nitro groups is 1. The molecule has 1 amide bonds. The van der Waals surface area contributed by atoms with Crippen molar-refractivity contribution in [2.45, 2.75) is 19.3 Å². The fourth-order valence-corrected chi connectivity index (χ4v) is 1.86. The number of aliphatic hydroxyl groups excluding tert-OH is 1.